The van der Waals surface area contributed by atoms with E-state index in [1.165, 1.54) is 5.56 Å². The van der Waals surface area contributed by atoms with Crippen molar-refractivity contribution in [3.05, 3.63) is 47.5 Å². The van der Waals surface area contributed by atoms with E-state index in [0.29, 0.717) is 5.82 Å². The Labute approximate surface area is 107 Å². The third-order valence-corrected chi connectivity index (χ3v) is 2.95. The number of nitrogens with one attached hydrogen (secondary N) is 1. The van der Waals surface area contributed by atoms with Crippen LogP contribution in [0.1, 0.15) is 29.9 Å². The summed E-state index contributed by atoms with van der Waals surface area (Å²) >= 11 is 0. The third-order valence-electron chi connectivity index (χ3n) is 2.95. The van der Waals surface area contributed by atoms with Crippen LogP contribution in [-0.4, -0.2) is 11.5 Å². The summed E-state index contributed by atoms with van der Waals surface area (Å²) in [5.41, 5.74) is 8.03. The summed E-state index contributed by atoms with van der Waals surface area (Å²) in [6.07, 6.45) is 4.31. The molecule has 1 atom stereocenters. The molecule has 0 aliphatic heterocycles. The quantitative estimate of drug-likeness (QED) is 0.849. The molecule has 18 heavy (non-hydrogen) atoms. The van der Waals surface area contributed by atoms with Crippen molar-refractivity contribution < 1.29 is 4.42 Å². The fourth-order valence-electron chi connectivity index (χ4n) is 2.10. The van der Waals surface area contributed by atoms with E-state index in [1.54, 1.807) is 12.5 Å². The van der Waals surface area contributed by atoms with Crippen LogP contribution in [-0.2, 0) is 6.42 Å². The average molecular weight is 245 g/mol. The van der Waals surface area contributed by atoms with Crippen molar-refractivity contribution in [3.63, 3.8) is 0 Å². The first kappa shape index (κ1) is 12.6. The minimum absolute atomic E-state index is 0.173. The summed E-state index contributed by atoms with van der Waals surface area (Å²) in [4.78, 5) is 4.01. The number of hydrogen-bond donors (Lipinski definition) is 2. The van der Waals surface area contributed by atoms with E-state index in [4.69, 9.17) is 10.2 Å². The van der Waals surface area contributed by atoms with Crippen LogP contribution in [0.4, 0.5) is 5.82 Å². The number of anilines is 1. The lowest BCUT2D eigenvalue weighted by atomic mass is 10.0. The Bertz CT molecular complexity index is 507. The van der Waals surface area contributed by atoms with Crippen LogP contribution in [0.15, 0.2) is 35.1 Å². The number of aromatic nitrogens is 1. The molecule has 0 radical (unpaired) electrons. The summed E-state index contributed by atoms with van der Waals surface area (Å²) in [5.74, 6) is 1.55. The summed E-state index contributed by atoms with van der Waals surface area (Å²) < 4.78 is 5.57. The van der Waals surface area contributed by atoms with Gasteiger partial charge in [0.15, 0.2) is 0 Å². The van der Waals surface area contributed by atoms with Gasteiger partial charge < -0.3 is 15.5 Å². The van der Waals surface area contributed by atoms with E-state index in [0.717, 1.165) is 24.3 Å². The van der Waals surface area contributed by atoms with Crippen molar-refractivity contribution in [2.75, 3.05) is 12.3 Å². The Kier molecular flexibility index (Phi) is 3.99. The van der Waals surface area contributed by atoms with Crippen LogP contribution in [0.5, 0.6) is 0 Å². The van der Waals surface area contributed by atoms with E-state index in [1.807, 2.05) is 18.2 Å². The maximum absolute atomic E-state index is 5.70. The molecule has 0 saturated heterocycles. The lowest BCUT2D eigenvalue weighted by molar-refractivity contribution is 0.413. The van der Waals surface area contributed by atoms with Crippen molar-refractivity contribution >= 4 is 5.82 Å². The summed E-state index contributed by atoms with van der Waals surface area (Å²) in [5, 5.41) is 3.44. The molecule has 4 heteroatoms. The second kappa shape index (κ2) is 5.69. The van der Waals surface area contributed by atoms with Gasteiger partial charge in [0, 0.05) is 6.20 Å². The topological polar surface area (TPSA) is 64.1 Å². The summed E-state index contributed by atoms with van der Waals surface area (Å²) in [6.45, 7) is 5.04. The number of likely N-dealkylation sites (N-methyl/N-ethyl adjacent to an activating group) is 1. The van der Waals surface area contributed by atoms with Crippen LogP contribution in [0.25, 0.3) is 0 Å². The molecule has 1 unspecified atom stereocenters. The standard InChI is InChI=1S/C14H19N3O/c1-3-16-12(14-10(2)5-7-18-14)8-11-4-6-17-13(15)9-11/h4-7,9,12,16H,3,8H2,1-2H3,(H2,15,17). The second-order valence-corrected chi connectivity index (χ2v) is 4.37. The Morgan fingerprint density at radius 2 is 2.28 bits per heavy atom. The van der Waals surface area contributed by atoms with E-state index >= 15 is 0 Å². The number of aryl methyl sites for hydroxylation is 1. The average Bonchev–Trinajstić information content (AvgIpc) is 2.75. The molecule has 0 bridgehead atoms. The van der Waals surface area contributed by atoms with Crippen molar-refractivity contribution in [1.82, 2.24) is 10.3 Å². The molecular formula is C14H19N3O. The molecule has 0 aliphatic rings. The first-order chi connectivity index (χ1) is 8.70. The highest BCUT2D eigenvalue weighted by molar-refractivity contribution is 5.33. The predicted octanol–water partition coefficient (Wildman–Crippen LogP) is 2.46. The molecule has 2 aromatic rings. The van der Waals surface area contributed by atoms with E-state index in [9.17, 15) is 0 Å². The fourth-order valence-corrected chi connectivity index (χ4v) is 2.10. The van der Waals surface area contributed by atoms with E-state index in [2.05, 4.69) is 24.1 Å². The molecule has 3 N–H and O–H groups in total. The van der Waals surface area contributed by atoms with Crippen LogP contribution in [0, 0.1) is 6.92 Å². The van der Waals surface area contributed by atoms with Crippen molar-refractivity contribution in [1.29, 1.82) is 0 Å². The fraction of sp³-hybridized carbons (Fsp3) is 0.357. The highest BCUT2D eigenvalue weighted by atomic mass is 16.3. The number of rotatable bonds is 5. The first-order valence-corrected chi connectivity index (χ1v) is 6.18. The maximum atomic E-state index is 5.70. The van der Waals surface area contributed by atoms with Crippen molar-refractivity contribution in [3.8, 4) is 0 Å². The normalized spacial score (nSPS) is 12.6. The number of hydrogen-bond acceptors (Lipinski definition) is 4. The predicted molar refractivity (Wildman–Crippen MR) is 72.2 cm³/mol. The molecule has 2 heterocycles. The highest BCUT2D eigenvalue weighted by Crippen LogP contribution is 2.22. The Morgan fingerprint density at radius 3 is 2.89 bits per heavy atom. The largest absolute Gasteiger partial charge is 0.467 e. The zero-order valence-electron chi connectivity index (χ0n) is 10.8. The zero-order chi connectivity index (χ0) is 13.0. The molecule has 0 aromatic carbocycles. The third kappa shape index (κ3) is 2.90. The first-order valence-electron chi connectivity index (χ1n) is 6.18. The van der Waals surface area contributed by atoms with Gasteiger partial charge in [-0.2, -0.15) is 0 Å². The molecule has 0 fully saturated rings. The summed E-state index contributed by atoms with van der Waals surface area (Å²) in [7, 11) is 0. The van der Waals surface area contributed by atoms with Gasteiger partial charge in [-0.1, -0.05) is 6.92 Å². The van der Waals surface area contributed by atoms with Gasteiger partial charge in [-0.3, -0.25) is 0 Å². The van der Waals surface area contributed by atoms with Gasteiger partial charge in [0.1, 0.15) is 11.6 Å². The van der Waals surface area contributed by atoms with Gasteiger partial charge in [-0.25, -0.2) is 4.98 Å². The number of pyridine rings is 1. The Morgan fingerprint density at radius 1 is 1.44 bits per heavy atom. The van der Waals surface area contributed by atoms with Gasteiger partial charge in [0.05, 0.1) is 12.3 Å². The number of nitrogens with two attached hydrogens (primary N) is 1. The molecule has 4 nitrogen and oxygen atoms in total. The lowest BCUT2D eigenvalue weighted by Gasteiger charge is -2.16. The van der Waals surface area contributed by atoms with Gasteiger partial charge in [0.25, 0.3) is 0 Å². The van der Waals surface area contributed by atoms with Crippen molar-refractivity contribution in [2.45, 2.75) is 26.3 Å². The Hall–Kier alpha value is -1.81. The monoisotopic (exact) mass is 245 g/mol. The molecule has 0 saturated carbocycles. The molecule has 96 valence electrons. The SMILES string of the molecule is CCNC(Cc1ccnc(N)c1)c1occc1C. The lowest BCUT2D eigenvalue weighted by Crippen LogP contribution is -2.23. The molecule has 2 rings (SSSR count). The second-order valence-electron chi connectivity index (χ2n) is 4.37. The smallest absolute Gasteiger partial charge is 0.123 e. The molecular weight excluding hydrogens is 226 g/mol. The van der Waals surface area contributed by atoms with Crippen LogP contribution in [0.3, 0.4) is 0 Å². The van der Waals surface area contributed by atoms with Crippen LogP contribution >= 0.6 is 0 Å². The number of nitrogens with zero attached hydrogens (tertiary/aromatic N) is 1. The molecule has 0 aliphatic carbocycles. The number of furan rings is 1. The van der Waals surface area contributed by atoms with E-state index < -0.39 is 0 Å². The minimum Gasteiger partial charge on any atom is -0.467 e. The molecule has 2 aromatic heterocycles. The molecule has 0 amide bonds. The summed E-state index contributed by atoms with van der Waals surface area (Å²) in [6, 6.07) is 6.05. The van der Waals surface area contributed by atoms with E-state index in [-0.39, 0.29) is 6.04 Å². The maximum Gasteiger partial charge on any atom is 0.123 e. The van der Waals surface area contributed by atoms with Crippen LogP contribution in [0.2, 0.25) is 0 Å². The minimum atomic E-state index is 0.173. The zero-order valence-corrected chi connectivity index (χ0v) is 10.8. The number of nitrogen functional groups attached to an aromatic ring is 1. The van der Waals surface area contributed by atoms with Gasteiger partial charge in [0.2, 0.25) is 0 Å². The van der Waals surface area contributed by atoms with Gasteiger partial charge in [-0.15, -0.1) is 0 Å². The Balaban J connectivity index is 2.19. The van der Waals surface area contributed by atoms with Crippen molar-refractivity contribution in [2.24, 2.45) is 0 Å². The molecule has 0 spiro atoms. The highest BCUT2D eigenvalue weighted by Gasteiger charge is 2.16. The van der Waals surface area contributed by atoms with Gasteiger partial charge in [-0.05, 0) is 49.2 Å². The van der Waals surface area contributed by atoms with Crippen LogP contribution < -0.4 is 11.1 Å². The van der Waals surface area contributed by atoms with Gasteiger partial charge >= 0.3 is 0 Å².